The van der Waals surface area contributed by atoms with Crippen molar-refractivity contribution in [1.82, 2.24) is 5.32 Å². The first-order valence-corrected chi connectivity index (χ1v) is 9.87. The van der Waals surface area contributed by atoms with Gasteiger partial charge in [0.05, 0.1) is 11.1 Å². The van der Waals surface area contributed by atoms with E-state index in [1.54, 1.807) is 6.07 Å². The van der Waals surface area contributed by atoms with Crippen molar-refractivity contribution >= 4 is 23.5 Å². The van der Waals surface area contributed by atoms with Gasteiger partial charge >= 0.3 is 0 Å². The zero-order valence-corrected chi connectivity index (χ0v) is 16.5. The van der Waals surface area contributed by atoms with E-state index >= 15 is 0 Å². The van der Waals surface area contributed by atoms with Gasteiger partial charge < -0.3 is 5.32 Å². The molecule has 4 heteroatoms. The third-order valence-electron chi connectivity index (χ3n) is 6.16. The molecule has 0 unspecified atom stereocenters. The normalized spacial score (nSPS) is 26.4. The molecule has 1 N–H and O–H groups in total. The van der Waals surface area contributed by atoms with Crippen LogP contribution in [0.25, 0.3) is 0 Å². The first-order valence-electron chi connectivity index (χ1n) is 9.49. The van der Waals surface area contributed by atoms with Gasteiger partial charge in [-0.05, 0) is 67.3 Å². The maximum Gasteiger partial charge on any atom is 0.123 e. The molecule has 0 radical (unpaired) electrons. The van der Waals surface area contributed by atoms with Gasteiger partial charge in [-0.2, -0.15) is 0 Å². The van der Waals surface area contributed by atoms with E-state index in [1.165, 1.54) is 6.07 Å². The summed E-state index contributed by atoms with van der Waals surface area (Å²) >= 11 is 6.22. The van der Waals surface area contributed by atoms with Crippen LogP contribution in [0.1, 0.15) is 42.4 Å². The lowest BCUT2D eigenvalue weighted by molar-refractivity contribution is 0.290. The van der Waals surface area contributed by atoms with Crippen molar-refractivity contribution in [1.29, 1.82) is 0 Å². The standard InChI is InChI=1S/C23H24ClFN2/c1-4-14(2)22-23(13-27-21-11-16(24)6-8-20(21)23)19(9-10-26-22)18-12-17(25)7-5-15(18)3/h5-8,11-13,19,22,26H,2,4,9-10H2,1,3H3/t19-,22+,23-/m0/s1. The Morgan fingerprint density at radius 2 is 2.15 bits per heavy atom. The number of nitrogens with one attached hydrogen (secondary N) is 1. The van der Waals surface area contributed by atoms with E-state index < -0.39 is 0 Å². The van der Waals surface area contributed by atoms with Crippen molar-refractivity contribution in [2.75, 3.05) is 6.54 Å². The molecule has 1 fully saturated rings. The van der Waals surface area contributed by atoms with Crippen molar-refractivity contribution in [3.63, 3.8) is 0 Å². The first-order chi connectivity index (χ1) is 13.0. The number of hydrogen-bond donors (Lipinski definition) is 1. The molecule has 0 saturated carbocycles. The highest BCUT2D eigenvalue weighted by Crippen LogP contribution is 2.53. The third-order valence-corrected chi connectivity index (χ3v) is 6.39. The SMILES string of the molecule is C=C(CC)[C@H]1NCC[C@@H](c2cc(F)ccc2C)[C@]12C=Nc1cc(Cl)ccc12. The summed E-state index contributed by atoms with van der Waals surface area (Å²) in [6.07, 6.45) is 3.84. The van der Waals surface area contributed by atoms with E-state index in [9.17, 15) is 4.39 Å². The van der Waals surface area contributed by atoms with Crippen LogP contribution in [0.5, 0.6) is 0 Å². The molecule has 2 aromatic carbocycles. The van der Waals surface area contributed by atoms with Crippen molar-refractivity contribution < 1.29 is 4.39 Å². The molecule has 2 aromatic rings. The molecule has 1 saturated heterocycles. The summed E-state index contributed by atoms with van der Waals surface area (Å²) in [7, 11) is 0. The number of aliphatic imine (C=N–C) groups is 1. The van der Waals surface area contributed by atoms with Gasteiger partial charge in [-0.15, -0.1) is 0 Å². The van der Waals surface area contributed by atoms with Crippen molar-refractivity contribution in [2.45, 2.75) is 44.1 Å². The number of benzene rings is 2. The van der Waals surface area contributed by atoms with Crippen LogP contribution in [-0.4, -0.2) is 18.8 Å². The topological polar surface area (TPSA) is 24.4 Å². The summed E-state index contributed by atoms with van der Waals surface area (Å²) < 4.78 is 14.2. The van der Waals surface area contributed by atoms with Gasteiger partial charge in [0.15, 0.2) is 0 Å². The van der Waals surface area contributed by atoms with Gasteiger partial charge in [-0.1, -0.05) is 42.8 Å². The van der Waals surface area contributed by atoms with Crippen molar-refractivity contribution in [2.24, 2.45) is 4.99 Å². The zero-order valence-electron chi connectivity index (χ0n) is 15.7. The number of rotatable bonds is 3. The fourth-order valence-electron chi connectivity index (χ4n) is 4.80. The van der Waals surface area contributed by atoms with Gasteiger partial charge in [-0.25, -0.2) is 4.39 Å². The number of nitrogens with zero attached hydrogens (tertiary/aromatic N) is 1. The van der Waals surface area contributed by atoms with Crippen LogP contribution in [0.2, 0.25) is 5.02 Å². The molecule has 0 aromatic heterocycles. The highest BCUT2D eigenvalue weighted by molar-refractivity contribution is 6.31. The van der Waals surface area contributed by atoms with E-state index in [0.717, 1.165) is 47.3 Å². The van der Waals surface area contributed by atoms with Crippen LogP contribution in [0.4, 0.5) is 10.1 Å². The van der Waals surface area contributed by atoms with Gasteiger partial charge in [0.25, 0.3) is 0 Å². The molecule has 2 heterocycles. The Kier molecular flexibility index (Phi) is 4.69. The molecule has 2 aliphatic heterocycles. The highest BCUT2D eigenvalue weighted by Gasteiger charge is 2.52. The number of aryl methyl sites for hydroxylation is 1. The zero-order chi connectivity index (χ0) is 19.2. The predicted molar refractivity (Wildman–Crippen MR) is 111 cm³/mol. The van der Waals surface area contributed by atoms with Crippen molar-refractivity contribution in [3.05, 3.63) is 76.1 Å². The Labute approximate surface area is 165 Å². The summed E-state index contributed by atoms with van der Waals surface area (Å²) in [5.41, 5.74) is 4.97. The molecule has 1 spiro atoms. The molecule has 3 atom stereocenters. The Morgan fingerprint density at radius 3 is 2.93 bits per heavy atom. The second kappa shape index (κ2) is 6.88. The van der Waals surface area contributed by atoms with Gasteiger partial charge in [0.1, 0.15) is 5.82 Å². The maximum absolute atomic E-state index is 14.2. The fourth-order valence-corrected chi connectivity index (χ4v) is 4.96. The lowest BCUT2D eigenvalue weighted by atomic mass is 9.59. The largest absolute Gasteiger partial charge is 0.309 e. The lowest BCUT2D eigenvalue weighted by Crippen LogP contribution is -2.57. The summed E-state index contributed by atoms with van der Waals surface area (Å²) in [4.78, 5) is 4.75. The van der Waals surface area contributed by atoms with Crippen LogP contribution in [0.3, 0.4) is 0 Å². The van der Waals surface area contributed by atoms with E-state index in [0.29, 0.717) is 5.02 Å². The molecular formula is C23H24ClFN2. The van der Waals surface area contributed by atoms with Gasteiger partial charge in [-0.3, -0.25) is 4.99 Å². The molecule has 0 aliphatic carbocycles. The average molecular weight is 383 g/mol. The van der Waals surface area contributed by atoms with Crippen molar-refractivity contribution in [3.8, 4) is 0 Å². The minimum absolute atomic E-state index is 0.0510. The molecule has 4 rings (SSSR count). The summed E-state index contributed by atoms with van der Waals surface area (Å²) in [6, 6.07) is 11.1. The smallest absolute Gasteiger partial charge is 0.123 e. The van der Waals surface area contributed by atoms with Crippen LogP contribution >= 0.6 is 11.6 Å². The average Bonchev–Trinajstić information content (AvgIpc) is 3.02. The van der Waals surface area contributed by atoms with E-state index in [4.69, 9.17) is 16.6 Å². The minimum atomic E-state index is -0.385. The molecule has 140 valence electrons. The third kappa shape index (κ3) is 2.84. The maximum atomic E-state index is 14.2. The van der Waals surface area contributed by atoms with E-state index in [1.807, 2.05) is 18.2 Å². The molecule has 2 nitrogen and oxygen atoms in total. The van der Waals surface area contributed by atoms with E-state index in [2.05, 4.69) is 38.0 Å². The number of halogens is 2. The Bertz CT molecular complexity index is 936. The molecule has 0 bridgehead atoms. The van der Waals surface area contributed by atoms with E-state index in [-0.39, 0.29) is 23.2 Å². The number of piperidine rings is 1. The summed E-state index contributed by atoms with van der Waals surface area (Å²) in [5.74, 6) is -0.0738. The summed E-state index contributed by atoms with van der Waals surface area (Å²) in [6.45, 7) is 9.40. The number of hydrogen-bond acceptors (Lipinski definition) is 2. The van der Waals surface area contributed by atoms with Crippen LogP contribution in [-0.2, 0) is 5.41 Å². The molecule has 0 amide bonds. The van der Waals surface area contributed by atoms with Crippen LogP contribution < -0.4 is 5.32 Å². The Morgan fingerprint density at radius 1 is 1.33 bits per heavy atom. The van der Waals surface area contributed by atoms with Crippen LogP contribution in [0.15, 0.2) is 53.5 Å². The monoisotopic (exact) mass is 382 g/mol. The minimum Gasteiger partial charge on any atom is -0.309 e. The fraction of sp³-hybridized carbons (Fsp3) is 0.348. The molecular weight excluding hydrogens is 359 g/mol. The summed E-state index contributed by atoms with van der Waals surface area (Å²) in [5, 5.41) is 4.35. The molecule has 2 aliphatic rings. The van der Waals surface area contributed by atoms with Crippen LogP contribution in [0, 0.1) is 12.7 Å². The Balaban J connectivity index is 1.95. The van der Waals surface area contributed by atoms with Gasteiger partial charge in [0.2, 0.25) is 0 Å². The van der Waals surface area contributed by atoms with Gasteiger partial charge in [0, 0.05) is 23.2 Å². The quantitative estimate of drug-likeness (QED) is 0.661. The molecule has 27 heavy (non-hydrogen) atoms. The Hall–Kier alpha value is -1.97. The highest BCUT2D eigenvalue weighted by atomic mass is 35.5. The lowest BCUT2D eigenvalue weighted by Gasteiger charge is -2.48. The predicted octanol–water partition coefficient (Wildman–Crippen LogP) is 5.85. The first kappa shape index (κ1) is 18.4. The second-order valence-electron chi connectivity index (χ2n) is 7.59. The number of fused-ring (bicyclic) bond motifs is 2. The second-order valence-corrected chi connectivity index (χ2v) is 8.03.